The fourth-order valence-electron chi connectivity index (χ4n) is 3.42. The van der Waals surface area contributed by atoms with Crippen LogP contribution in [0.1, 0.15) is 43.2 Å². The molecule has 1 aromatic heterocycles. The molecule has 3 aromatic rings. The Hall–Kier alpha value is -2.86. The number of urea groups is 1. The summed E-state index contributed by atoms with van der Waals surface area (Å²) in [7, 11) is 0. The van der Waals surface area contributed by atoms with Gasteiger partial charge in [-0.3, -0.25) is 0 Å². The molecule has 2 N–H and O–H groups in total. The van der Waals surface area contributed by atoms with Crippen molar-refractivity contribution < 1.29 is 9.21 Å². The van der Waals surface area contributed by atoms with Gasteiger partial charge in [-0.05, 0) is 42.7 Å². The molecular formula is C21H21ClN4O2. The summed E-state index contributed by atoms with van der Waals surface area (Å²) in [6.07, 6.45) is 4.34. The van der Waals surface area contributed by atoms with E-state index in [1.54, 1.807) is 12.1 Å². The highest BCUT2D eigenvalue weighted by Crippen LogP contribution is 2.26. The van der Waals surface area contributed by atoms with Crippen LogP contribution in [0.25, 0.3) is 11.5 Å². The third-order valence-electron chi connectivity index (χ3n) is 4.88. The highest BCUT2D eigenvalue weighted by Gasteiger charge is 2.25. The second-order valence-electron chi connectivity index (χ2n) is 6.90. The Kier molecular flexibility index (Phi) is 5.58. The predicted molar refractivity (Wildman–Crippen MR) is 107 cm³/mol. The van der Waals surface area contributed by atoms with E-state index in [1.165, 1.54) is 0 Å². The summed E-state index contributed by atoms with van der Waals surface area (Å²) >= 11 is 5.94. The Labute approximate surface area is 168 Å². The van der Waals surface area contributed by atoms with Crippen molar-refractivity contribution >= 4 is 17.6 Å². The number of amides is 2. The van der Waals surface area contributed by atoms with Gasteiger partial charge in [0.1, 0.15) is 6.04 Å². The summed E-state index contributed by atoms with van der Waals surface area (Å²) in [5.41, 5.74) is 1.64. The molecule has 0 bridgehead atoms. The molecule has 4 rings (SSSR count). The lowest BCUT2D eigenvalue weighted by molar-refractivity contribution is 0.233. The van der Waals surface area contributed by atoms with Crippen LogP contribution in [0.3, 0.4) is 0 Å². The minimum Gasteiger partial charge on any atom is -0.418 e. The maximum absolute atomic E-state index is 12.5. The lowest BCUT2D eigenvalue weighted by Crippen LogP contribution is -2.42. The Balaban J connectivity index is 1.57. The molecule has 0 saturated heterocycles. The number of rotatable bonds is 5. The van der Waals surface area contributed by atoms with E-state index in [2.05, 4.69) is 20.8 Å². The van der Waals surface area contributed by atoms with Gasteiger partial charge in [-0.1, -0.05) is 54.8 Å². The number of hydrogen-bond donors (Lipinski definition) is 2. The zero-order valence-corrected chi connectivity index (χ0v) is 16.0. The zero-order valence-electron chi connectivity index (χ0n) is 15.3. The van der Waals surface area contributed by atoms with Gasteiger partial charge in [0.25, 0.3) is 0 Å². The first-order valence-corrected chi connectivity index (χ1v) is 9.78. The summed E-state index contributed by atoms with van der Waals surface area (Å²) in [5.74, 6) is 0.711. The second kappa shape index (κ2) is 8.44. The van der Waals surface area contributed by atoms with Crippen LogP contribution in [-0.4, -0.2) is 22.3 Å². The minimum absolute atomic E-state index is 0.226. The predicted octanol–water partition coefficient (Wildman–Crippen LogP) is 4.72. The molecule has 2 amide bonds. The van der Waals surface area contributed by atoms with Crippen LogP contribution >= 0.6 is 11.6 Å². The van der Waals surface area contributed by atoms with Gasteiger partial charge in [0.15, 0.2) is 0 Å². The molecule has 1 fully saturated rings. The van der Waals surface area contributed by atoms with Gasteiger partial charge >= 0.3 is 6.03 Å². The average Bonchev–Trinajstić information content (AvgIpc) is 3.40. The molecule has 1 heterocycles. The molecule has 28 heavy (non-hydrogen) atoms. The van der Waals surface area contributed by atoms with Gasteiger partial charge in [0.05, 0.1) is 0 Å². The number of aromatic nitrogens is 2. The van der Waals surface area contributed by atoms with E-state index in [1.807, 2.05) is 42.5 Å². The summed E-state index contributed by atoms with van der Waals surface area (Å²) < 4.78 is 5.89. The van der Waals surface area contributed by atoms with Crippen LogP contribution in [0, 0.1) is 0 Å². The molecule has 1 saturated carbocycles. The Morgan fingerprint density at radius 2 is 1.75 bits per heavy atom. The number of carbonyl (C=O) groups excluding carboxylic acids is 1. The molecule has 0 radical (unpaired) electrons. The molecule has 1 atom stereocenters. The van der Waals surface area contributed by atoms with Crippen LogP contribution in [0.2, 0.25) is 5.02 Å². The van der Waals surface area contributed by atoms with Crippen LogP contribution in [-0.2, 0) is 0 Å². The second-order valence-corrected chi connectivity index (χ2v) is 7.33. The molecule has 144 valence electrons. The third-order valence-corrected chi connectivity index (χ3v) is 5.13. The molecule has 0 aliphatic heterocycles. The summed E-state index contributed by atoms with van der Waals surface area (Å²) in [6, 6.07) is 16.2. The SMILES string of the molecule is O=C(NC1CCCC1)NC(c1ccccc1)c1nnc(-c2ccc(Cl)cc2)o1. The first kappa shape index (κ1) is 18.5. The van der Waals surface area contributed by atoms with Crippen molar-refractivity contribution in [3.63, 3.8) is 0 Å². The number of benzene rings is 2. The van der Waals surface area contributed by atoms with Gasteiger partial charge in [-0.15, -0.1) is 10.2 Å². The van der Waals surface area contributed by atoms with E-state index in [-0.39, 0.29) is 12.1 Å². The van der Waals surface area contributed by atoms with Crippen LogP contribution in [0.4, 0.5) is 4.79 Å². The van der Waals surface area contributed by atoms with Crippen LogP contribution in [0.5, 0.6) is 0 Å². The Morgan fingerprint density at radius 1 is 1.04 bits per heavy atom. The van der Waals surface area contributed by atoms with Crippen molar-refractivity contribution in [2.75, 3.05) is 0 Å². The topological polar surface area (TPSA) is 80.0 Å². The van der Waals surface area contributed by atoms with E-state index in [0.717, 1.165) is 36.8 Å². The number of carbonyl (C=O) groups is 1. The van der Waals surface area contributed by atoms with Crippen molar-refractivity contribution in [2.24, 2.45) is 0 Å². The minimum atomic E-state index is -0.531. The first-order chi connectivity index (χ1) is 13.7. The summed E-state index contributed by atoms with van der Waals surface area (Å²) in [6.45, 7) is 0. The lowest BCUT2D eigenvalue weighted by Gasteiger charge is -2.18. The Bertz CT molecular complexity index is 921. The zero-order chi connectivity index (χ0) is 19.3. The summed E-state index contributed by atoms with van der Waals surface area (Å²) in [4.78, 5) is 12.5. The molecule has 2 aromatic carbocycles. The molecule has 7 heteroatoms. The molecule has 0 spiro atoms. The van der Waals surface area contributed by atoms with Gasteiger partial charge < -0.3 is 15.1 Å². The molecule has 1 unspecified atom stereocenters. The number of halogens is 1. The monoisotopic (exact) mass is 396 g/mol. The van der Waals surface area contributed by atoms with Crippen molar-refractivity contribution in [3.05, 3.63) is 71.1 Å². The van der Waals surface area contributed by atoms with Gasteiger partial charge in [0, 0.05) is 16.6 Å². The van der Waals surface area contributed by atoms with E-state index in [4.69, 9.17) is 16.0 Å². The number of nitrogens with zero attached hydrogens (tertiary/aromatic N) is 2. The van der Waals surface area contributed by atoms with Crippen molar-refractivity contribution in [1.82, 2.24) is 20.8 Å². The van der Waals surface area contributed by atoms with Gasteiger partial charge in [0.2, 0.25) is 11.8 Å². The molecule has 1 aliphatic carbocycles. The fourth-order valence-corrected chi connectivity index (χ4v) is 3.55. The van der Waals surface area contributed by atoms with E-state index in [0.29, 0.717) is 16.8 Å². The van der Waals surface area contributed by atoms with E-state index >= 15 is 0 Å². The van der Waals surface area contributed by atoms with E-state index < -0.39 is 6.04 Å². The van der Waals surface area contributed by atoms with E-state index in [9.17, 15) is 4.79 Å². The Morgan fingerprint density at radius 3 is 2.46 bits per heavy atom. The van der Waals surface area contributed by atoms with Gasteiger partial charge in [-0.25, -0.2) is 4.79 Å². The van der Waals surface area contributed by atoms with Crippen LogP contribution < -0.4 is 10.6 Å². The maximum atomic E-state index is 12.5. The first-order valence-electron chi connectivity index (χ1n) is 9.40. The highest BCUT2D eigenvalue weighted by atomic mass is 35.5. The largest absolute Gasteiger partial charge is 0.418 e. The lowest BCUT2D eigenvalue weighted by atomic mass is 10.1. The molecular weight excluding hydrogens is 376 g/mol. The molecule has 6 nitrogen and oxygen atoms in total. The normalized spacial score (nSPS) is 15.3. The van der Waals surface area contributed by atoms with Crippen molar-refractivity contribution in [2.45, 2.75) is 37.8 Å². The smallest absolute Gasteiger partial charge is 0.315 e. The van der Waals surface area contributed by atoms with Crippen LogP contribution in [0.15, 0.2) is 59.0 Å². The average molecular weight is 397 g/mol. The standard InChI is InChI=1S/C21H21ClN4O2/c22-16-12-10-15(11-13-16)19-25-26-20(28-19)18(14-6-2-1-3-7-14)24-21(27)23-17-8-4-5-9-17/h1-3,6-7,10-13,17-18H,4-5,8-9H2,(H2,23,24,27). The summed E-state index contributed by atoms with van der Waals surface area (Å²) in [5, 5.41) is 15.0. The maximum Gasteiger partial charge on any atom is 0.315 e. The quantitative estimate of drug-likeness (QED) is 0.653. The number of hydrogen-bond acceptors (Lipinski definition) is 4. The fraction of sp³-hybridized carbons (Fsp3) is 0.286. The molecule has 1 aliphatic rings. The highest BCUT2D eigenvalue weighted by molar-refractivity contribution is 6.30. The van der Waals surface area contributed by atoms with Crippen molar-refractivity contribution in [3.8, 4) is 11.5 Å². The number of nitrogens with one attached hydrogen (secondary N) is 2. The third kappa shape index (κ3) is 4.34. The van der Waals surface area contributed by atoms with Crippen molar-refractivity contribution in [1.29, 1.82) is 0 Å². The van der Waals surface area contributed by atoms with Gasteiger partial charge in [-0.2, -0.15) is 0 Å².